The zero-order valence-corrected chi connectivity index (χ0v) is 12.0. The number of hydrogen-bond acceptors (Lipinski definition) is 2. The molecule has 0 saturated heterocycles. The molecule has 0 radical (unpaired) electrons. The molecule has 0 spiro atoms. The summed E-state index contributed by atoms with van der Waals surface area (Å²) in [4.78, 5) is 11.5. The van der Waals surface area contributed by atoms with Crippen molar-refractivity contribution in [1.82, 2.24) is 5.32 Å². The molecule has 1 aromatic carbocycles. The Bertz CT molecular complexity index is 438. The van der Waals surface area contributed by atoms with Crippen LogP contribution in [0.15, 0.2) is 30.4 Å². The van der Waals surface area contributed by atoms with Crippen molar-refractivity contribution in [2.45, 2.75) is 33.6 Å². The average Bonchev–Trinajstić information content (AvgIpc) is 2.40. The highest BCUT2D eigenvalue weighted by atomic mass is 16.5. The minimum absolute atomic E-state index is 0.0369. The van der Waals surface area contributed by atoms with Gasteiger partial charge in [-0.25, -0.2) is 0 Å². The SMILES string of the molecule is C/C=C/CCNC(=O)CCOc1cccc(C)c1C. The Morgan fingerprint density at radius 2 is 2.16 bits per heavy atom. The Balaban J connectivity index is 2.26. The Kier molecular flexibility index (Phi) is 6.72. The van der Waals surface area contributed by atoms with Crippen molar-refractivity contribution in [2.24, 2.45) is 0 Å². The van der Waals surface area contributed by atoms with Gasteiger partial charge in [-0.2, -0.15) is 0 Å². The molecule has 0 bridgehead atoms. The number of carbonyl (C=O) groups is 1. The van der Waals surface area contributed by atoms with Crippen molar-refractivity contribution in [3.05, 3.63) is 41.5 Å². The molecule has 0 aromatic heterocycles. The minimum Gasteiger partial charge on any atom is -0.493 e. The maximum Gasteiger partial charge on any atom is 0.223 e. The van der Waals surface area contributed by atoms with Gasteiger partial charge in [0, 0.05) is 6.54 Å². The normalized spacial score (nSPS) is 10.7. The van der Waals surface area contributed by atoms with Gasteiger partial charge in [-0.05, 0) is 44.4 Å². The van der Waals surface area contributed by atoms with Crippen molar-refractivity contribution in [3.63, 3.8) is 0 Å². The number of amides is 1. The molecule has 0 fully saturated rings. The van der Waals surface area contributed by atoms with Crippen LogP contribution in [0.5, 0.6) is 5.75 Å². The van der Waals surface area contributed by atoms with Gasteiger partial charge in [0.1, 0.15) is 5.75 Å². The number of ether oxygens (including phenoxy) is 1. The smallest absolute Gasteiger partial charge is 0.223 e. The fraction of sp³-hybridized carbons (Fsp3) is 0.438. The molecule has 1 rings (SSSR count). The van der Waals surface area contributed by atoms with Gasteiger partial charge in [-0.15, -0.1) is 0 Å². The standard InChI is InChI=1S/C16H23NO2/c1-4-5-6-11-17-16(18)10-12-19-15-9-7-8-13(2)14(15)3/h4-5,7-9H,6,10-12H2,1-3H3,(H,17,18)/b5-4+. The van der Waals surface area contributed by atoms with Crippen molar-refractivity contribution in [2.75, 3.05) is 13.2 Å². The lowest BCUT2D eigenvalue weighted by atomic mass is 10.1. The van der Waals surface area contributed by atoms with E-state index in [4.69, 9.17) is 4.74 Å². The molecule has 1 N–H and O–H groups in total. The first-order valence-electron chi connectivity index (χ1n) is 6.72. The summed E-state index contributed by atoms with van der Waals surface area (Å²) in [5.74, 6) is 0.900. The summed E-state index contributed by atoms with van der Waals surface area (Å²) in [5.41, 5.74) is 2.34. The van der Waals surface area contributed by atoms with Gasteiger partial charge in [-0.1, -0.05) is 24.3 Å². The molecule has 19 heavy (non-hydrogen) atoms. The second kappa shape index (κ2) is 8.35. The van der Waals surface area contributed by atoms with Crippen LogP contribution in [0.1, 0.15) is 30.9 Å². The molecular formula is C16H23NO2. The molecule has 1 amide bonds. The molecule has 0 atom stereocenters. The third-order valence-electron chi connectivity index (χ3n) is 3.01. The van der Waals surface area contributed by atoms with Gasteiger partial charge in [0.25, 0.3) is 0 Å². The predicted octanol–water partition coefficient (Wildman–Crippen LogP) is 3.15. The number of allylic oxidation sites excluding steroid dienone is 1. The van der Waals surface area contributed by atoms with Gasteiger partial charge < -0.3 is 10.1 Å². The lowest BCUT2D eigenvalue weighted by Gasteiger charge is -2.10. The first-order chi connectivity index (χ1) is 9.15. The second-order valence-electron chi connectivity index (χ2n) is 4.50. The zero-order valence-electron chi connectivity index (χ0n) is 12.0. The van der Waals surface area contributed by atoms with E-state index in [2.05, 4.69) is 18.3 Å². The van der Waals surface area contributed by atoms with E-state index < -0.39 is 0 Å². The number of nitrogens with one attached hydrogen (secondary N) is 1. The van der Waals surface area contributed by atoms with Crippen LogP contribution in [0.3, 0.4) is 0 Å². The van der Waals surface area contributed by atoms with E-state index in [1.165, 1.54) is 5.56 Å². The number of aryl methyl sites for hydroxylation is 1. The zero-order chi connectivity index (χ0) is 14.1. The van der Waals surface area contributed by atoms with E-state index in [0.717, 1.165) is 17.7 Å². The average molecular weight is 261 g/mol. The molecule has 0 aliphatic rings. The van der Waals surface area contributed by atoms with Crippen LogP contribution in [0, 0.1) is 13.8 Å². The Hall–Kier alpha value is -1.77. The van der Waals surface area contributed by atoms with Crippen LogP contribution in [-0.4, -0.2) is 19.1 Å². The van der Waals surface area contributed by atoms with Crippen molar-refractivity contribution in [3.8, 4) is 5.75 Å². The van der Waals surface area contributed by atoms with Crippen molar-refractivity contribution >= 4 is 5.91 Å². The third kappa shape index (κ3) is 5.60. The van der Waals surface area contributed by atoms with Crippen molar-refractivity contribution < 1.29 is 9.53 Å². The number of hydrogen-bond donors (Lipinski definition) is 1. The fourth-order valence-electron chi connectivity index (χ4n) is 1.68. The highest BCUT2D eigenvalue weighted by Gasteiger charge is 2.04. The Labute approximate surface area is 115 Å². The molecular weight excluding hydrogens is 238 g/mol. The monoisotopic (exact) mass is 261 g/mol. The second-order valence-corrected chi connectivity index (χ2v) is 4.50. The van der Waals surface area contributed by atoms with E-state index >= 15 is 0 Å². The summed E-state index contributed by atoms with van der Waals surface area (Å²) in [7, 11) is 0. The van der Waals surface area contributed by atoms with Crippen LogP contribution in [0.4, 0.5) is 0 Å². The van der Waals surface area contributed by atoms with E-state index in [0.29, 0.717) is 19.6 Å². The largest absolute Gasteiger partial charge is 0.493 e. The molecule has 1 aromatic rings. The number of benzene rings is 1. The van der Waals surface area contributed by atoms with Gasteiger partial charge in [0.05, 0.1) is 13.0 Å². The molecule has 0 aliphatic heterocycles. The van der Waals surface area contributed by atoms with Gasteiger partial charge in [-0.3, -0.25) is 4.79 Å². The molecule has 3 heteroatoms. The first-order valence-corrected chi connectivity index (χ1v) is 6.72. The summed E-state index contributed by atoms with van der Waals surface area (Å²) in [5, 5.41) is 2.86. The quantitative estimate of drug-likeness (QED) is 0.605. The minimum atomic E-state index is 0.0369. The van der Waals surface area contributed by atoms with Crippen LogP contribution in [0.2, 0.25) is 0 Å². The van der Waals surface area contributed by atoms with E-state index in [1.54, 1.807) is 0 Å². The molecule has 0 saturated carbocycles. The molecule has 0 aliphatic carbocycles. The van der Waals surface area contributed by atoms with E-state index in [9.17, 15) is 4.79 Å². The van der Waals surface area contributed by atoms with Gasteiger partial charge in [0.2, 0.25) is 5.91 Å². The summed E-state index contributed by atoms with van der Waals surface area (Å²) >= 11 is 0. The number of carbonyl (C=O) groups excluding carboxylic acids is 1. The molecule has 104 valence electrons. The lowest BCUT2D eigenvalue weighted by molar-refractivity contribution is -0.121. The number of rotatable bonds is 7. The van der Waals surface area contributed by atoms with Crippen molar-refractivity contribution in [1.29, 1.82) is 0 Å². The summed E-state index contributed by atoms with van der Waals surface area (Å²) in [6.45, 7) is 7.16. The maximum atomic E-state index is 11.5. The predicted molar refractivity (Wildman–Crippen MR) is 78.5 cm³/mol. The maximum absolute atomic E-state index is 11.5. The third-order valence-corrected chi connectivity index (χ3v) is 3.01. The fourth-order valence-corrected chi connectivity index (χ4v) is 1.68. The first kappa shape index (κ1) is 15.3. The Morgan fingerprint density at radius 3 is 2.89 bits per heavy atom. The van der Waals surface area contributed by atoms with E-state index in [-0.39, 0.29) is 5.91 Å². The Morgan fingerprint density at radius 1 is 1.37 bits per heavy atom. The van der Waals surface area contributed by atoms with Gasteiger partial charge >= 0.3 is 0 Å². The van der Waals surface area contributed by atoms with Gasteiger partial charge in [0.15, 0.2) is 0 Å². The molecule has 3 nitrogen and oxygen atoms in total. The van der Waals surface area contributed by atoms with Crippen LogP contribution >= 0.6 is 0 Å². The summed E-state index contributed by atoms with van der Waals surface area (Å²) in [6.07, 6.45) is 5.28. The topological polar surface area (TPSA) is 38.3 Å². The highest BCUT2D eigenvalue weighted by molar-refractivity contribution is 5.75. The molecule has 0 heterocycles. The van der Waals surface area contributed by atoms with Crippen LogP contribution in [0.25, 0.3) is 0 Å². The summed E-state index contributed by atoms with van der Waals surface area (Å²) < 4.78 is 5.64. The van der Waals surface area contributed by atoms with Crippen LogP contribution in [-0.2, 0) is 4.79 Å². The van der Waals surface area contributed by atoms with E-state index in [1.807, 2.05) is 38.1 Å². The lowest BCUT2D eigenvalue weighted by Crippen LogP contribution is -2.25. The van der Waals surface area contributed by atoms with Crippen LogP contribution < -0.4 is 10.1 Å². The molecule has 0 unspecified atom stereocenters. The summed E-state index contributed by atoms with van der Waals surface area (Å²) in [6, 6.07) is 5.96. The highest BCUT2D eigenvalue weighted by Crippen LogP contribution is 2.20.